The van der Waals surface area contributed by atoms with E-state index in [9.17, 15) is 4.79 Å². The van der Waals surface area contributed by atoms with E-state index in [4.69, 9.17) is 9.47 Å². The van der Waals surface area contributed by atoms with Crippen LogP contribution < -0.4 is 10.1 Å². The first-order valence-corrected chi connectivity index (χ1v) is 10.3. The summed E-state index contributed by atoms with van der Waals surface area (Å²) in [6.07, 6.45) is 6.77. The second kappa shape index (κ2) is 9.78. The van der Waals surface area contributed by atoms with Crippen molar-refractivity contribution in [2.75, 3.05) is 20.8 Å². The minimum absolute atomic E-state index is 0.0460. The monoisotopic (exact) mass is 384 g/mol. The molecule has 0 unspecified atom stereocenters. The van der Waals surface area contributed by atoms with E-state index in [1.54, 1.807) is 14.2 Å². The van der Waals surface area contributed by atoms with Gasteiger partial charge in [-0.3, -0.25) is 4.79 Å². The molecule has 1 aromatic carbocycles. The molecule has 1 saturated carbocycles. The molecule has 1 aliphatic rings. The van der Waals surface area contributed by atoms with Crippen molar-refractivity contribution < 1.29 is 14.3 Å². The lowest BCUT2D eigenvalue weighted by molar-refractivity contribution is 0.0927. The number of methoxy groups -OCH3 is 2. The smallest absolute Gasteiger partial charge is 0.253 e. The predicted octanol–water partition coefficient (Wildman–Crippen LogP) is 4.57. The van der Waals surface area contributed by atoms with Crippen molar-refractivity contribution in [3.63, 3.8) is 0 Å². The number of nitrogens with zero attached hydrogens (tertiary/aromatic N) is 1. The molecule has 28 heavy (non-hydrogen) atoms. The fourth-order valence-electron chi connectivity index (χ4n) is 4.04. The minimum Gasteiger partial charge on any atom is -0.497 e. The molecule has 5 heteroatoms. The van der Waals surface area contributed by atoms with Gasteiger partial charge in [0.25, 0.3) is 5.91 Å². The van der Waals surface area contributed by atoms with E-state index in [0.29, 0.717) is 12.6 Å². The van der Waals surface area contributed by atoms with Crippen LogP contribution in [0.25, 0.3) is 11.3 Å². The highest BCUT2D eigenvalue weighted by atomic mass is 16.5. The lowest BCUT2D eigenvalue weighted by Gasteiger charge is -2.22. The molecule has 0 atom stereocenters. The van der Waals surface area contributed by atoms with Crippen molar-refractivity contribution in [1.82, 2.24) is 9.88 Å². The molecule has 1 heterocycles. The van der Waals surface area contributed by atoms with Crippen LogP contribution in [-0.2, 0) is 11.3 Å². The fourth-order valence-corrected chi connectivity index (χ4v) is 4.04. The van der Waals surface area contributed by atoms with Gasteiger partial charge >= 0.3 is 0 Å². The van der Waals surface area contributed by atoms with Crippen molar-refractivity contribution in [3.05, 3.63) is 41.6 Å². The second-order valence-corrected chi connectivity index (χ2v) is 7.56. The molecular formula is C23H32N2O3. The average molecular weight is 385 g/mol. The van der Waals surface area contributed by atoms with E-state index >= 15 is 0 Å². The predicted molar refractivity (Wildman–Crippen MR) is 112 cm³/mol. The Morgan fingerprint density at radius 3 is 2.50 bits per heavy atom. The van der Waals surface area contributed by atoms with Crippen molar-refractivity contribution in [2.45, 2.75) is 58.0 Å². The molecule has 5 nitrogen and oxygen atoms in total. The number of nitrogens with one attached hydrogen (secondary N) is 1. The van der Waals surface area contributed by atoms with Crippen LogP contribution in [0.4, 0.5) is 0 Å². The van der Waals surface area contributed by atoms with Crippen LogP contribution in [0.3, 0.4) is 0 Å². The molecule has 1 fully saturated rings. The summed E-state index contributed by atoms with van der Waals surface area (Å²) >= 11 is 0. The molecule has 0 saturated heterocycles. The summed E-state index contributed by atoms with van der Waals surface area (Å²) in [5, 5.41) is 3.26. The van der Waals surface area contributed by atoms with E-state index in [2.05, 4.69) is 9.88 Å². The van der Waals surface area contributed by atoms with Gasteiger partial charge in [0.05, 0.1) is 12.7 Å². The quantitative estimate of drug-likeness (QED) is 0.678. The molecule has 1 aromatic heterocycles. The number of rotatable bonds is 8. The first-order chi connectivity index (χ1) is 13.6. The summed E-state index contributed by atoms with van der Waals surface area (Å²) in [5.74, 6) is 0.873. The molecule has 1 aliphatic carbocycles. The summed E-state index contributed by atoms with van der Waals surface area (Å²) in [5.41, 5.74) is 3.92. The number of hydrogen-bond acceptors (Lipinski definition) is 3. The normalized spacial score (nSPS) is 14.8. The highest BCUT2D eigenvalue weighted by molar-refractivity contribution is 5.97. The zero-order valence-electron chi connectivity index (χ0n) is 17.3. The molecule has 0 radical (unpaired) electrons. The van der Waals surface area contributed by atoms with Crippen molar-refractivity contribution in [3.8, 4) is 17.0 Å². The van der Waals surface area contributed by atoms with E-state index in [1.807, 2.05) is 37.3 Å². The number of ether oxygens (including phenoxy) is 2. The van der Waals surface area contributed by atoms with E-state index in [0.717, 1.165) is 54.1 Å². The molecular weight excluding hydrogens is 352 g/mol. The molecule has 0 bridgehead atoms. The SMILES string of the molecule is COCCCn1c(-c2ccc(OC)cc2)cc(C(=O)NC2CCCCC2)c1C. The Hall–Kier alpha value is -2.27. The van der Waals surface area contributed by atoms with Crippen LogP contribution >= 0.6 is 0 Å². The molecule has 152 valence electrons. The molecule has 0 aliphatic heterocycles. The topological polar surface area (TPSA) is 52.5 Å². The van der Waals surface area contributed by atoms with Crippen molar-refractivity contribution in [1.29, 1.82) is 0 Å². The third-order valence-electron chi connectivity index (χ3n) is 5.67. The molecule has 1 N–H and O–H groups in total. The number of amides is 1. The number of aromatic nitrogens is 1. The zero-order valence-corrected chi connectivity index (χ0v) is 17.3. The maximum absolute atomic E-state index is 13.0. The summed E-state index contributed by atoms with van der Waals surface area (Å²) < 4.78 is 12.7. The van der Waals surface area contributed by atoms with Gasteiger partial charge in [0.15, 0.2) is 0 Å². The molecule has 3 rings (SSSR count). The van der Waals surface area contributed by atoms with Gasteiger partial charge in [-0.05, 0) is 62.1 Å². The van der Waals surface area contributed by atoms with Gasteiger partial charge in [0.1, 0.15) is 5.75 Å². The summed E-state index contributed by atoms with van der Waals surface area (Å²) in [6.45, 7) is 3.55. The number of benzene rings is 1. The summed E-state index contributed by atoms with van der Waals surface area (Å²) in [6, 6.07) is 10.3. The second-order valence-electron chi connectivity index (χ2n) is 7.56. The van der Waals surface area contributed by atoms with Crippen molar-refractivity contribution in [2.24, 2.45) is 0 Å². The maximum Gasteiger partial charge on any atom is 0.253 e. The largest absolute Gasteiger partial charge is 0.497 e. The first kappa shape index (κ1) is 20.5. The Balaban J connectivity index is 1.88. The average Bonchev–Trinajstić information content (AvgIpc) is 3.05. The van der Waals surface area contributed by atoms with Gasteiger partial charge in [-0.1, -0.05) is 19.3 Å². The van der Waals surface area contributed by atoms with Gasteiger partial charge in [0, 0.05) is 37.7 Å². The van der Waals surface area contributed by atoms with Crippen molar-refractivity contribution >= 4 is 5.91 Å². The first-order valence-electron chi connectivity index (χ1n) is 10.3. The summed E-state index contributed by atoms with van der Waals surface area (Å²) in [4.78, 5) is 13.0. The number of carbonyl (C=O) groups excluding carboxylic acids is 1. The third kappa shape index (κ3) is 4.76. The number of carbonyl (C=O) groups is 1. The third-order valence-corrected chi connectivity index (χ3v) is 5.67. The van der Waals surface area contributed by atoms with Crippen LogP contribution in [0.1, 0.15) is 54.6 Å². The number of hydrogen-bond donors (Lipinski definition) is 1. The zero-order chi connectivity index (χ0) is 19.9. The van der Waals surface area contributed by atoms with Gasteiger partial charge < -0.3 is 19.4 Å². The van der Waals surface area contributed by atoms with E-state index in [1.165, 1.54) is 19.3 Å². The van der Waals surface area contributed by atoms with E-state index < -0.39 is 0 Å². The standard InChI is InChI=1S/C23H32N2O3/c1-17-21(23(26)24-19-8-5-4-6-9-19)16-22(25(17)14-7-15-27-2)18-10-12-20(28-3)13-11-18/h10-13,16,19H,4-9,14-15H2,1-3H3,(H,24,26). The van der Waals surface area contributed by atoms with Gasteiger partial charge in [-0.2, -0.15) is 0 Å². The Labute approximate surface area is 168 Å². The fraction of sp³-hybridized carbons (Fsp3) is 0.522. The van der Waals surface area contributed by atoms with Crippen LogP contribution in [0, 0.1) is 6.92 Å². The van der Waals surface area contributed by atoms with Gasteiger partial charge in [-0.25, -0.2) is 0 Å². The Kier molecular flexibility index (Phi) is 7.15. The maximum atomic E-state index is 13.0. The minimum atomic E-state index is 0.0460. The lowest BCUT2D eigenvalue weighted by atomic mass is 9.95. The molecule has 1 amide bonds. The molecule has 0 spiro atoms. The Morgan fingerprint density at radius 1 is 1.14 bits per heavy atom. The van der Waals surface area contributed by atoms with Crippen LogP contribution in [0.5, 0.6) is 5.75 Å². The molecule has 2 aromatic rings. The highest BCUT2D eigenvalue weighted by Gasteiger charge is 2.22. The highest BCUT2D eigenvalue weighted by Crippen LogP contribution is 2.28. The van der Waals surface area contributed by atoms with Gasteiger partial charge in [0.2, 0.25) is 0 Å². The Morgan fingerprint density at radius 2 is 1.86 bits per heavy atom. The van der Waals surface area contributed by atoms with E-state index in [-0.39, 0.29) is 5.91 Å². The summed E-state index contributed by atoms with van der Waals surface area (Å²) in [7, 11) is 3.39. The van der Waals surface area contributed by atoms with Crippen LogP contribution in [0.15, 0.2) is 30.3 Å². The van der Waals surface area contributed by atoms with Crippen LogP contribution in [0.2, 0.25) is 0 Å². The Bertz CT molecular complexity index is 774. The lowest BCUT2D eigenvalue weighted by Crippen LogP contribution is -2.36. The van der Waals surface area contributed by atoms with Gasteiger partial charge in [-0.15, -0.1) is 0 Å². The van der Waals surface area contributed by atoms with Crippen LogP contribution in [-0.4, -0.2) is 37.3 Å².